The molecule has 1 aromatic carbocycles. The highest BCUT2D eigenvalue weighted by molar-refractivity contribution is 9.10. The lowest BCUT2D eigenvalue weighted by Gasteiger charge is -2.37. The van der Waals surface area contributed by atoms with Gasteiger partial charge < -0.3 is 10.6 Å². The van der Waals surface area contributed by atoms with Gasteiger partial charge in [-0.15, -0.1) is 0 Å². The fraction of sp³-hybridized carbons (Fsp3) is 0.556. The molecule has 0 saturated carbocycles. The van der Waals surface area contributed by atoms with Crippen molar-refractivity contribution in [2.45, 2.75) is 32.9 Å². The van der Waals surface area contributed by atoms with Crippen LogP contribution in [0.3, 0.4) is 0 Å². The smallest absolute Gasteiger partial charge is 0.241 e. The summed E-state index contributed by atoms with van der Waals surface area (Å²) in [5.74, 6) is -0.692. The van der Waals surface area contributed by atoms with Crippen molar-refractivity contribution in [3.05, 3.63) is 28.5 Å². The predicted octanol–water partition coefficient (Wildman–Crippen LogP) is 2.06. The molecule has 1 heterocycles. The molecule has 26 heavy (non-hydrogen) atoms. The number of halogens is 2. The van der Waals surface area contributed by atoms with E-state index in [2.05, 4.69) is 31.5 Å². The zero-order chi connectivity index (χ0) is 19.3. The molecule has 1 aliphatic heterocycles. The SMILES string of the molecule is CC(C)NC(=O)CN1CCN(C(C)C(=O)Nc2ccc(Br)cc2F)CC1. The summed E-state index contributed by atoms with van der Waals surface area (Å²) in [7, 11) is 0. The molecule has 1 fully saturated rings. The van der Waals surface area contributed by atoms with Gasteiger partial charge in [-0.1, -0.05) is 15.9 Å². The largest absolute Gasteiger partial charge is 0.353 e. The van der Waals surface area contributed by atoms with Crippen LogP contribution in [0.15, 0.2) is 22.7 Å². The maximum atomic E-state index is 13.9. The van der Waals surface area contributed by atoms with Gasteiger partial charge >= 0.3 is 0 Å². The minimum Gasteiger partial charge on any atom is -0.353 e. The number of hydrogen-bond acceptors (Lipinski definition) is 4. The first kappa shape index (κ1) is 20.8. The molecule has 2 N–H and O–H groups in total. The number of amides is 2. The number of nitrogens with one attached hydrogen (secondary N) is 2. The number of benzene rings is 1. The van der Waals surface area contributed by atoms with Crippen LogP contribution in [0, 0.1) is 5.82 Å². The second kappa shape index (κ2) is 9.43. The van der Waals surface area contributed by atoms with Crippen LogP contribution in [0.1, 0.15) is 20.8 Å². The lowest BCUT2D eigenvalue weighted by molar-refractivity contribution is -0.125. The zero-order valence-electron chi connectivity index (χ0n) is 15.4. The number of nitrogens with zero attached hydrogens (tertiary/aromatic N) is 2. The molecule has 2 amide bonds. The monoisotopic (exact) mass is 428 g/mol. The van der Waals surface area contributed by atoms with Gasteiger partial charge in [-0.05, 0) is 39.0 Å². The van der Waals surface area contributed by atoms with E-state index in [4.69, 9.17) is 0 Å². The van der Waals surface area contributed by atoms with Gasteiger partial charge in [0.25, 0.3) is 0 Å². The molecule has 2 rings (SSSR count). The van der Waals surface area contributed by atoms with Crippen molar-refractivity contribution in [1.29, 1.82) is 0 Å². The van der Waals surface area contributed by atoms with Crippen LogP contribution in [-0.2, 0) is 9.59 Å². The summed E-state index contributed by atoms with van der Waals surface area (Å²) in [6.45, 7) is 8.86. The highest BCUT2D eigenvalue weighted by Crippen LogP contribution is 2.20. The van der Waals surface area contributed by atoms with Crippen molar-refractivity contribution < 1.29 is 14.0 Å². The van der Waals surface area contributed by atoms with E-state index in [-0.39, 0.29) is 29.6 Å². The van der Waals surface area contributed by atoms with E-state index in [1.807, 2.05) is 25.7 Å². The van der Waals surface area contributed by atoms with Crippen LogP contribution in [0.2, 0.25) is 0 Å². The van der Waals surface area contributed by atoms with Crippen LogP contribution in [-0.4, -0.2) is 66.4 Å². The molecule has 1 aliphatic rings. The molecule has 1 aromatic rings. The van der Waals surface area contributed by atoms with Gasteiger partial charge in [0.05, 0.1) is 18.3 Å². The van der Waals surface area contributed by atoms with Gasteiger partial charge in [-0.3, -0.25) is 19.4 Å². The summed E-state index contributed by atoms with van der Waals surface area (Å²) >= 11 is 3.20. The first-order chi connectivity index (χ1) is 12.3. The van der Waals surface area contributed by atoms with Gasteiger partial charge in [0.15, 0.2) is 0 Å². The number of piperazine rings is 1. The molecule has 0 radical (unpaired) electrons. The van der Waals surface area contributed by atoms with Crippen molar-refractivity contribution in [3.63, 3.8) is 0 Å². The lowest BCUT2D eigenvalue weighted by atomic mass is 10.2. The van der Waals surface area contributed by atoms with Crippen LogP contribution < -0.4 is 10.6 Å². The Morgan fingerprint density at radius 1 is 1.19 bits per heavy atom. The molecular formula is C18H26BrFN4O2. The number of carbonyl (C=O) groups excluding carboxylic acids is 2. The zero-order valence-corrected chi connectivity index (χ0v) is 17.0. The van der Waals surface area contributed by atoms with Crippen molar-refractivity contribution >= 4 is 33.4 Å². The second-order valence-electron chi connectivity index (χ2n) is 6.82. The van der Waals surface area contributed by atoms with E-state index in [9.17, 15) is 14.0 Å². The van der Waals surface area contributed by atoms with E-state index in [0.717, 1.165) is 13.1 Å². The molecular weight excluding hydrogens is 403 g/mol. The summed E-state index contributed by atoms with van der Waals surface area (Å²) in [6, 6.07) is 4.30. The van der Waals surface area contributed by atoms with Crippen LogP contribution in [0.25, 0.3) is 0 Å². The molecule has 1 saturated heterocycles. The topological polar surface area (TPSA) is 64.7 Å². The molecule has 0 aromatic heterocycles. The summed E-state index contributed by atoms with van der Waals surface area (Å²) in [4.78, 5) is 28.4. The quantitative estimate of drug-likeness (QED) is 0.727. The van der Waals surface area contributed by atoms with E-state index in [0.29, 0.717) is 24.1 Å². The molecule has 6 nitrogen and oxygen atoms in total. The minimum absolute atomic E-state index is 0.0185. The number of rotatable bonds is 6. The number of carbonyl (C=O) groups is 2. The summed E-state index contributed by atoms with van der Waals surface area (Å²) in [5.41, 5.74) is 0.175. The average molecular weight is 429 g/mol. The van der Waals surface area contributed by atoms with Gasteiger partial charge in [0, 0.05) is 36.7 Å². The van der Waals surface area contributed by atoms with Crippen LogP contribution in [0.5, 0.6) is 0 Å². The number of anilines is 1. The van der Waals surface area contributed by atoms with Gasteiger partial charge in [0.1, 0.15) is 5.82 Å². The predicted molar refractivity (Wildman–Crippen MR) is 103 cm³/mol. The molecule has 1 unspecified atom stereocenters. The highest BCUT2D eigenvalue weighted by atomic mass is 79.9. The third kappa shape index (κ3) is 6.03. The molecule has 8 heteroatoms. The molecule has 144 valence electrons. The van der Waals surface area contributed by atoms with Gasteiger partial charge in [-0.2, -0.15) is 0 Å². The summed E-state index contributed by atoms with van der Waals surface area (Å²) in [5, 5.41) is 5.53. The maximum Gasteiger partial charge on any atom is 0.241 e. The average Bonchev–Trinajstić information content (AvgIpc) is 2.56. The first-order valence-corrected chi connectivity index (χ1v) is 9.57. The Morgan fingerprint density at radius 3 is 2.42 bits per heavy atom. The van der Waals surface area contributed by atoms with Crippen molar-refractivity contribution in [3.8, 4) is 0 Å². The highest BCUT2D eigenvalue weighted by Gasteiger charge is 2.26. The Balaban J connectivity index is 1.82. The maximum absolute atomic E-state index is 13.9. The summed E-state index contributed by atoms with van der Waals surface area (Å²) in [6.07, 6.45) is 0. The first-order valence-electron chi connectivity index (χ1n) is 8.78. The third-order valence-electron chi connectivity index (χ3n) is 4.34. The fourth-order valence-corrected chi connectivity index (χ4v) is 3.21. The van der Waals surface area contributed by atoms with Crippen molar-refractivity contribution in [1.82, 2.24) is 15.1 Å². The summed E-state index contributed by atoms with van der Waals surface area (Å²) < 4.78 is 14.5. The fourth-order valence-electron chi connectivity index (χ4n) is 2.87. The van der Waals surface area contributed by atoms with Crippen molar-refractivity contribution in [2.24, 2.45) is 0 Å². The second-order valence-corrected chi connectivity index (χ2v) is 7.74. The van der Waals surface area contributed by atoms with E-state index < -0.39 is 5.82 Å². The van der Waals surface area contributed by atoms with Crippen LogP contribution in [0.4, 0.5) is 10.1 Å². The van der Waals surface area contributed by atoms with Crippen molar-refractivity contribution in [2.75, 3.05) is 38.0 Å². The van der Waals surface area contributed by atoms with Gasteiger partial charge in [-0.25, -0.2) is 4.39 Å². The van der Waals surface area contributed by atoms with E-state index in [1.54, 1.807) is 6.07 Å². The Morgan fingerprint density at radius 2 is 1.85 bits per heavy atom. The van der Waals surface area contributed by atoms with Gasteiger partial charge in [0.2, 0.25) is 11.8 Å². The Kier molecular flexibility index (Phi) is 7.55. The molecule has 1 atom stereocenters. The minimum atomic E-state index is -0.471. The Hall–Kier alpha value is -1.51. The van der Waals surface area contributed by atoms with Crippen LogP contribution >= 0.6 is 15.9 Å². The number of hydrogen-bond donors (Lipinski definition) is 2. The van der Waals surface area contributed by atoms with E-state index >= 15 is 0 Å². The lowest BCUT2D eigenvalue weighted by Crippen LogP contribution is -2.54. The molecule has 0 bridgehead atoms. The Bertz CT molecular complexity index is 648. The van der Waals surface area contributed by atoms with E-state index in [1.165, 1.54) is 12.1 Å². The third-order valence-corrected chi connectivity index (χ3v) is 4.83. The normalized spacial score (nSPS) is 17.2. The Labute approximate surface area is 162 Å². The molecule has 0 aliphatic carbocycles. The standard InChI is InChI=1S/C18H26BrFN4O2/c1-12(2)21-17(25)11-23-6-8-24(9-7-23)13(3)18(26)22-16-5-4-14(19)10-15(16)20/h4-5,10,12-13H,6-9,11H2,1-3H3,(H,21,25)(H,22,26). The molecule has 0 spiro atoms.